The number of ether oxygens (including phenoxy) is 3. The van der Waals surface area contributed by atoms with E-state index >= 15 is 0 Å². The Morgan fingerprint density at radius 1 is 1.53 bits per heavy atom. The summed E-state index contributed by atoms with van der Waals surface area (Å²) in [5.74, 6) is -0.442. The number of carbonyl (C=O) groups excluding carboxylic acids is 1. The molecule has 2 heterocycles. The van der Waals surface area contributed by atoms with Crippen LogP contribution in [0.5, 0.6) is 0 Å². The van der Waals surface area contributed by atoms with E-state index in [1.54, 1.807) is 18.3 Å². The average molecular weight is 283 g/mol. The summed E-state index contributed by atoms with van der Waals surface area (Å²) in [7, 11) is 0. The van der Waals surface area contributed by atoms with Crippen LogP contribution in [0.4, 0.5) is 0 Å². The number of rotatable bonds is 5. The van der Waals surface area contributed by atoms with Crippen molar-refractivity contribution >= 4 is 18.2 Å². The highest BCUT2D eigenvalue weighted by atomic mass is 32.1. The van der Waals surface area contributed by atoms with E-state index in [-0.39, 0.29) is 12.2 Å². The standard InChI is InChI=1S/C13H17NO4S/c1-2-6-17-10-7-16-8-11(10)18-13(15)9-4-3-5-14-12(9)19/h3-5,10-11H,2,6-8H2,1H3,(H,14,19)/t10-,11?/m0/s1. The zero-order valence-electron chi connectivity index (χ0n) is 10.8. The van der Waals surface area contributed by atoms with Gasteiger partial charge in [-0.05, 0) is 18.6 Å². The Hall–Kier alpha value is -1.24. The molecule has 0 saturated carbocycles. The number of pyridine rings is 1. The molecule has 1 unspecified atom stereocenters. The van der Waals surface area contributed by atoms with Gasteiger partial charge in [0.25, 0.3) is 0 Å². The maximum atomic E-state index is 12.0. The van der Waals surface area contributed by atoms with Gasteiger partial charge < -0.3 is 19.2 Å². The predicted molar refractivity (Wildman–Crippen MR) is 71.7 cm³/mol. The molecular weight excluding hydrogens is 266 g/mol. The summed E-state index contributed by atoms with van der Waals surface area (Å²) < 4.78 is 16.7. The van der Waals surface area contributed by atoms with Gasteiger partial charge in [0.1, 0.15) is 10.7 Å². The monoisotopic (exact) mass is 283 g/mol. The van der Waals surface area contributed by atoms with Crippen molar-refractivity contribution in [2.24, 2.45) is 0 Å². The molecular formula is C13H17NO4S. The third-order valence-electron chi connectivity index (χ3n) is 2.81. The summed E-state index contributed by atoms with van der Waals surface area (Å²) in [6.45, 7) is 3.48. The van der Waals surface area contributed by atoms with Gasteiger partial charge in [0.2, 0.25) is 0 Å². The molecule has 1 fully saturated rings. The molecule has 6 heteroatoms. The lowest BCUT2D eigenvalue weighted by molar-refractivity contribution is -0.0296. The second kappa shape index (κ2) is 6.79. The first-order chi connectivity index (χ1) is 9.22. The Morgan fingerprint density at radius 2 is 2.32 bits per heavy atom. The molecule has 1 N–H and O–H groups in total. The van der Waals surface area contributed by atoms with Gasteiger partial charge in [-0.3, -0.25) is 0 Å². The van der Waals surface area contributed by atoms with Crippen molar-refractivity contribution in [1.29, 1.82) is 0 Å². The summed E-state index contributed by atoms with van der Waals surface area (Å²) in [6, 6.07) is 3.35. The normalized spacial score (nSPS) is 22.4. The largest absolute Gasteiger partial charge is 0.453 e. The first-order valence-corrected chi connectivity index (χ1v) is 6.71. The van der Waals surface area contributed by atoms with Crippen LogP contribution in [0.2, 0.25) is 0 Å². The maximum Gasteiger partial charge on any atom is 0.341 e. The number of hydrogen-bond donors (Lipinski definition) is 1. The van der Waals surface area contributed by atoms with E-state index in [1.165, 1.54) is 0 Å². The maximum absolute atomic E-state index is 12.0. The Morgan fingerprint density at radius 3 is 3.05 bits per heavy atom. The summed E-state index contributed by atoms with van der Waals surface area (Å²) in [5.41, 5.74) is 0.360. The fraction of sp³-hybridized carbons (Fsp3) is 0.538. The highest BCUT2D eigenvalue weighted by Crippen LogP contribution is 2.16. The van der Waals surface area contributed by atoms with Crippen LogP contribution in [0.15, 0.2) is 18.3 Å². The summed E-state index contributed by atoms with van der Waals surface area (Å²) in [4.78, 5) is 14.8. The van der Waals surface area contributed by atoms with Crippen LogP contribution < -0.4 is 0 Å². The molecule has 0 aromatic carbocycles. The van der Waals surface area contributed by atoms with E-state index in [4.69, 9.17) is 26.4 Å². The predicted octanol–water partition coefficient (Wildman–Crippen LogP) is 2.09. The van der Waals surface area contributed by atoms with Crippen LogP contribution in [0.25, 0.3) is 0 Å². The van der Waals surface area contributed by atoms with Gasteiger partial charge in [0.05, 0.1) is 18.8 Å². The van der Waals surface area contributed by atoms with E-state index in [1.807, 2.05) is 6.92 Å². The van der Waals surface area contributed by atoms with E-state index in [0.717, 1.165) is 6.42 Å². The minimum atomic E-state index is -0.442. The van der Waals surface area contributed by atoms with Gasteiger partial charge in [0.15, 0.2) is 6.10 Å². The highest BCUT2D eigenvalue weighted by Gasteiger charge is 2.32. The summed E-state index contributed by atoms with van der Waals surface area (Å²) in [5, 5.41) is 0. The number of carbonyl (C=O) groups is 1. The molecule has 1 saturated heterocycles. The van der Waals surface area contributed by atoms with E-state index < -0.39 is 5.97 Å². The Bertz CT molecular complexity index is 488. The lowest BCUT2D eigenvalue weighted by Gasteiger charge is -2.18. The molecule has 0 amide bonds. The van der Waals surface area contributed by atoms with Crippen LogP contribution in [0.1, 0.15) is 23.7 Å². The summed E-state index contributed by atoms with van der Waals surface area (Å²) in [6.07, 6.45) is 2.03. The van der Waals surface area contributed by atoms with Crippen LogP contribution in [-0.2, 0) is 14.2 Å². The third kappa shape index (κ3) is 3.62. The van der Waals surface area contributed by atoms with Gasteiger partial charge in [-0.15, -0.1) is 0 Å². The van der Waals surface area contributed by atoms with Gasteiger partial charge in [-0.2, -0.15) is 0 Å². The van der Waals surface area contributed by atoms with Crippen LogP contribution in [0.3, 0.4) is 0 Å². The second-order valence-corrected chi connectivity index (χ2v) is 4.71. The third-order valence-corrected chi connectivity index (χ3v) is 3.15. The molecule has 1 aromatic heterocycles. The average Bonchev–Trinajstić information content (AvgIpc) is 2.84. The van der Waals surface area contributed by atoms with E-state index in [9.17, 15) is 4.79 Å². The SMILES string of the molecule is CCCO[C@H]1COCC1OC(=O)c1ccc[nH]c1=S. The Balaban J connectivity index is 1.98. The van der Waals surface area contributed by atoms with Crippen molar-refractivity contribution in [3.63, 3.8) is 0 Å². The topological polar surface area (TPSA) is 60.6 Å². The van der Waals surface area contributed by atoms with Crippen molar-refractivity contribution in [1.82, 2.24) is 4.98 Å². The number of esters is 1. The Kier molecular flexibility index (Phi) is 5.07. The number of aromatic amines is 1. The smallest absolute Gasteiger partial charge is 0.341 e. The van der Waals surface area contributed by atoms with Gasteiger partial charge >= 0.3 is 5.97 Å². The molecule has 0 aliphatic carbocycles. The minimum Gasteiger partial charge on any atom is -0.453 e. The molecule has 0 spiro atoms. The molecule has 2 atom stereocenters. The first-order valence-electron chi connectivity index (χ1n) is 6.30. The lowest BCUT2D eigenvalue weighted by Crippen LogP contribution is -2.32. The number of nitrogens with one attached hydrogen (secondary N) is 1. The van der Waals surface area contributed by atoms with Crippen molar-refractivity contribution in [2.45, 2.75) is 25.6 Å². The van der Waals surface area contributed by atoms with Crippen LogP contribution in [0, 0.1) is 4.64 Å². The molecule has 1 aliphatic heterocycles. The fourth-order valence-electron chi connectivity index (χ4n) is 1.83. The first kappa shape index (κ1) is 14.2. The van der Waals surface area contributed by atoms with Crippen molar-refractivity contribution < 1.29 is 19.0 Å². The minimum absolute atomic E-state index is 0.190. The van der Waals surface area contributed by atoms with E-state index in [2.05, 4.69) is 4.98 Å². The summed E-state index contributed by atoms with van der Waals surface area (Å²) >= 11 is 5.05. The number of aromatic nitrogens is 1. The molecule has 1 aliphatic rings. The molecule has 5 nitrogen and oxygen atoms in total. The van der Waals surface area contributed by atoms with Gasteiger partial charge in [0, 0.05) is 12.8 Å². The van der Waals surface area contributed by atoms with E-state index in [0.29, 0.717) is 30.0 Å². The number of hydrogen-bond acceptors (Lipinski definition) is 5. The molecule has 0 bridgehead atoms. The second-order valence-electron chi connectivity index (χ2n) is 4.30. The zero-order chi connectivity index (χ0) is 13.7. The molecule has 1 aromatic rings. The molecule has 104 valence electrons. The lowest BCUT2D eigenvalue weighted by atomic mass is 10.2. The highest BCUT2D eigenvalue weighted by molar-refractivity contribution is 7.71. The van der Waals surface area contributed by atoms with Crippen LogP contribution in [-0.4, -0.2) is 43.0 Å². The van der Waals surface area contributed by atoms with Crippen LogP contribution >= 0.6 is 12.2 Å². The van der Waals surface area contributed by atoms with Gasteiger partial charge in [-0.25, -0.2) is 4.79 Å². The van der Waals surface area contributed by atoms with Gasteiger partial charge in [-0.1, -0.05) is 19.1 Å². The zero-order valence-corrected chi connectivity index (χ0v) is 11.6. The van der Waals surface area contributed by atoms with Crippen molar-refractivity contribution in [3.05, 3.63) is 28.5 Å². The quantitative estimate of drug-likeness (QED) is 0.662. The molecule has 0 radical (unpaired) electrons. The number of H-pyrrole nitrogens is 1. The Labute approximate surface area is 116 Å². The molecule has 19 heavy (non-hydrogen) atoms. The molecule has 2 rings (SSSR count). The van der Waals surface area contributed by atoms with Crippen molar-refractivity contribution in [2.75, 3.05) is 19.8 Å². The fourth-order valence-corrected chi connectivity index (χ4v) is 2.05. The van der Waals surface area contributed by atoms with Crippen molar-refractivity contribution in [3.8, 4) is 0 Å².